The second kappa shape index (κ2) is 5.95. The molecule has 0 aliphatic heterocycles. The van der Waals surface area contributed by atoms with E-state index in [0.29, 0.717) is 17.5 Å². The molecule has 0 fully saturated rings. The summed E-state index contributed by atoms with van der Waals surface area (Å²) in [5.41, 5.74) is 0.869. The van der Waals surface area contributed by atoms with Crippen LogP contribution in [0.2, 0.25) is 0 Å². The molecule has 0 amide bonds. The first kappa shape index (κ1) is 13.1. The molecule has 0 spiro atoms. The molecular formula is C14H15NO2. The molecule has 0 radical (unpaired) electrons. The number of rotatable bonds is 5. The van der Waals surface area contributed by atoms with Gasteiger partial charge >= 0.3 is 0 Å². The normalized spacial score (nSPS) is 10.0. The van der Waals surface area contributed by atoms with Crippen molar-refractivity contribution in [3.8, 4) is 6.07 Å². The van der Waals surface area contributed by atoms with Crippen molar-refractivity contribution in [1.82, 2.24) is 0 Å². The average Bonchev–Trinajstić information content (AvgIpc) is 2.27. The zero-order valence-corrected chi connectivity index (χ0v) is 10.1. The molecule has 0 aromatic heterocycles. The Morgan fingerprint density at radius 2 is 2.06 bits per heavy atom. The summed E-state index contributed by atoms with van der Waals surface area (Å²) in [5, 5.41) is 8.72. The van der Waals surface area contributed by atoms with Gasteiger partial charge in [0.25, 0.3) is 0 Å². The van der Waals surface area contributed by atoms with Gasteiger partial charge in [0.1, 0.15) is 5.78 Å². The zero-order valence-electron chi connectivity index (χ0n) is 10.1. The molecule has 0 saturated carbocycles. The lowest BCUT2D eigenvalue weighted by molar-refractivity contribution is -0.118. The van der Waals surface area contributed by atoms with Crippen LogP contribution >= 0.6 is 0 Å². The molecule has 1 aromatic carbocycles. The van der Waals surface area contributed by atoms with Gasteiger partial charge in [0, 0.05) is 12.0 Å². The van der Waals surface area contributed by atoms with Gasteiger partial charge in [-0.15, -0.1) is 0 Å². The second-order valence-electron chi connectivity index (χ2n) is 4.43. The second-order valence-corrected chi connectivity index (χ2v) is 4.43. The minimum atomic E-state index is -0.215. The Morgan fingerprint density at radius 1 is 1.35 bits per heavy atom. The van der Waals surface area contributed by atoms with Crippen LogP contribution in [0.5, 0.6) is 0 Å². The SMILES string of the molecule is CC(C)CC(=O)CC(=O)c1cccc(C#N)c1. The van der Waals surface area contributed by atoms with E-state index in [2.05, 4.69) is 0 Å². The standard InChI is InChI=1S/C14H15NO2/c1-10(2)6-13(16)8-14(17)12-5-3-4-11(7-12)9-15/h3-5,7,10H,6,8H2,1-2H3. The highest BCUT2D eigenvalue weighted by Gasteiger charge is 2.13. The smallest absolute Gasteiger partial charge is 0.170 e. The summed E-state index contributed by atoms with van der Waals surface area (Å²) in [6.45, 7) is 3.89. The molecule has 0 atom stereocenters. The quantitative estimate of drug-likeness (QED) is 0.576. The van der Waals surface area contributed by atoms with Crippen LogP contribution in [0.1, 0.15) is 42.6 Å². The molecule has 3 heteroatoms. The molecule has 17 heavy (non-hydrogen) atoms. The third-order valence-electron chi connectivity index (χ3n) is 2.31. The molecule has 0 aliphatic carbocycles. The molecule has 0 saturated heterocycles. The summed E-state index contributed by atoms with van der Waals surface area (Å²) in [6, 6.07) is 8.40. The summed E-state index contributed by atoms with van der Waals surface area (Å²) in [4.78, 5) is 23.3. The fourth-order valence-electron chi connectivity index (χ4n) is 1.57. The van der Waals surface area contributed by atoms with E-state index in [1.165, 1.54) is 6.07 Å². The largest absolute Gasteiger partial charge is 0.299 e. The Morgan fingerprint density at radius 3 is 2.65 bits per heavy atom. The van der Waals surface area contributed by atoms with Crippen molar-refractivity contribution < 1.29 is 9.59 Å². The minimum absolute atomic E-state index is 0.0487. The number of hydrogen-bond acceptors (Lipinski definition) is 3. The van der Waals surface area contributed by atoms with Crippen LogP contribution < -0.4 is 0 Å². The summed E-state index contributed by atoms with van der Waals surface area (Å²) >= 11 is 0. The molecule has 0 N–H and O–H groups in total. The molecule has 0 bridgehead atoms. The van der Waals surface area contributed by atoms with E-state index in [9.17, 15) is 9.59 Å². The predicted molar refractivity (Wildman–Crippen MR) is 64.6 cm³/mol. The van der Waals surface area contributed by atoms with Crippen LogP contribution in [-0.4, -0.2) is 11.6 Å². The number of ketones is 2. The lowest BCUT2D eigenvalue weighted by Gasteiger charge is -2.03. The highest BCUT2D eigenvalue weighted by molar-refractivity contribution is 6.08. The number of Topliss-reactive ketones (excluding diaryl/α,β-unsaturated/α-hetero) is 2. The summed E-state index contributed by atoms with van der Waals surface area (Å²) < 4.78 is 0. The minimum Gasteiger partial charge on any atom is -0.299 e. The lowest BCUT2D eigenvalue weighted by atomic mass is 9.99. The summed E-state index contributed by atoms with van der Waals surface area (Å²) in [5.74, 6) is 0.000790. The monoisotopic (exact) mass is 229 g/mol. The van der Waals surface area contributed by atoms with Crippen molar-refractivity contribution >= 4 is 11.6 Å². The maximum Gasteiger partial charge on any atom is 0.170 e. The Bertz CT molecular complexity index is 469. The van der Waals surface area contributed by atoms with Crippen LogP contribution in [0.15, 0.2) is 24.3 Å². The van der Waals surface area contributed by atoms with Gasteiger partial charge in [-0.1, -0.05) is 26.0 Å². The number of hydrogen-bond donors (Lipinski definition) is 0. The van der Waals surface area contributed by atoms with Gasteiger partial charge in [-0.3, -0.25) is 9.59 Å². The Hall–Kier alpha value is -1.95. The van der Waals surface area contributed by atoms with E-state index in [0.717, 1.165) is 0 Å². The van der Waals surface area contributed by atoms with E-state index < -0.39 is 0 Å². The molecule has 0 heterocycles. The van der Waals surface area contributed by atoms with E-state index in [4.69, 9.17) is 5.26 Å². The number of carbonyl (C=O) groups is 2. The summed E-state index contributed by atoms with van der Waals surface area (Å²) in [7, 11) is 0. The van der Waals surface area contributed by atoms with Crippen LogP contribution in [0.3, 0.4) is 0 Å². The lowest BCUT2D eigenvalue weighted by Crippen LogP contribution is -2.10. The van der Waals surface area contributed by atoms with Gasteiger partial charge in [-0.25, -0.2) is 0 Å². The van der Waals surface area contributed by atoms with Gasteiger partial charge in [0.2, 0.25) is 0 Å². The first-order valence-corrected chi connectivity index (χ1v) is 5.58. The van der Waals surface area contributed by atoms with Crippen molar-refractivity contribution in [2.75, 3.05) is 0 Å². The van der Waals surface area contributed by atoms with Gasteiger partial charge in [-0.2, -0.15) is 5.26 Å². The van der Waals surface area contributed by atoms with E-state index in [1.807, 2.05) is 19.9 Å². The fraction of sp³-hybridized carbons (Fsp3) is 0.357. The van der Waals surface area contributed by atoms with Crippen molar-refractivity contribution in [3.63, 3.8) is 0 Å². The third-order valence-corrected chi connectivity index (χ3v) is 2.31. The molecule has 1 aromatic rings. The van der Waals surface area contributed by atoms with Crippen molar-refractivity contribution in [2.45, 2.75) is 26.7 Å². The Balaban J connectivity index is 2.70. The third kappa shape index (κ3) is 4.20. The van der Waals surface area contributed by atoms with Gasteiger partial charge in [0.15, 0.2) is 5.78 Å². The summed E-state index contributed by atoms with van der Waals surface area (Å²) in [6.07, 6.45) is 0.344. The maximum absolute atomic E-state index is 11.8. The number of benzene rings is 1. The van der Waals surface area contributed by atoms with Gasteiger partial charge in [0.05, 0.1) is 18.1 Å². The van der Waals surface area contributed by atoms with Gasteiger partial charge < -0.3 is 0 Å². The fourth-order valence-corrected chi connectivity index (χ4v) is 1.57. The van der Waals surface area contributed by atoms with Crippen LogP contribution in [-0.2, 0) is 4.79 Å². The predicted octanol–water partition coefficient (Wildman–Crippen LogP) is 2.75. The maximum atomic E-state index is 11.8. The number of nitrogens with zero attached hydrogens (tertiary/aromatic N) is 1. The van der Waals surface area contributed by atoms with Crippen molar-refractivity contribution in [3.05, 3.63) is 35.4 Å². The van der Waals surface area contributed by atoms with E-state index in [-0.39, 0.29) is 23.9 Å². The van der Waals surface area contributed by atoms with Crippen LogP contribution in [0.4, 0.5) is 0 Å². The molecule has 0 unspecified atom stereocenters. The molecule has 1 rings (SSSR count). The van der Waals surface area contributed by atoms with Crippen molar-refractivity contribution in [2.24, 2.45) is 5.92 Å². The van der Waals surface area contributed by atoms with Crippen LogP contribution in [0.25, 0.3) is 0 Å². The highest BCUT2D eigenvalue weighted by atomic mass is 16.1. The topological polar surface area (TPSA) is 57.9 Å². The number of nitriles is 1. The highest BCUT2D eigenvalue weighted by Crippen LogP contribution is 2.10. The van der Waals surface area contributed by atoms with Crippen molar-refractivity contribution in [1.29, 1.82) is 5.26 Å². The Kier molecular flexibility index (Phi) is 4.59. The van der Waals surface area contributed by atoms with E-state index >= 15 is 0 Å². The van der Waals surface area contributed by atoms with Crippen LogP contribution in [0, 0.1) is 17.2 Å². The average molecular weight is 229 g/mol. The molecule has 3 nitrogen and oxygen atoms in total. The number of carbonyl (C=O) groups excluding carboxylic acids is 2. The molecule has 88 valence electrons. The zero-order chi connectivity index (χ0) is 12.8. The van der Waals surface area contributed by atoms with Gasteiger partial charge in [-0.05, 0) is 18.1 Å². The molecule has 0 aliphatic rings. The first-order chi connectivity index (χ1) is 8.02. The first-order valence-electron chi connectivity index (χ1n) is 5.58. The molecular weight excluding hydrogens is 214 g/mol. The Labute approximate surface area is 101 Å². The van der Waals surface area contributed by atoms with E-state index in [1.54, 1.807) is 18.2 Å².